The molecular weight excluding hydrogens is 434 g/mol. The lowest BCUT2D eigenvalue weighted by Gasteiger charge is -2.38. The highest BCUT2D eigenvalue weighted by atomic mass is 16.5. The number of morpholine rings is 1. The van der Waals surface area contributed by atoms with Crippen molar-refractivity contribution in [1.29, 1.82) is 0 Å². The van der Waals surface area contributed by atoms with Crippen molar-refractivity contribution in [2.24, 2.45) is 0 Å². The smallest absolute Gasteiger partial charge is 0.265 e. The van der Waals surface area contributed by atoms with Crippen LogP contribution in [0.15, 0.2) is 48.5 Å². The number of nitrogens with two attached hydrogens (primary N) is 1. The van der Waals surface area contributed by atoms with Gasteiger partial charge < -0.3 is 30.3 Å². The topological polar surface area (TPSA) is 119 Å². The number of fused-ring (bicyclic) bond motifs is 1. The zero-order valence-electron chi connectivity index (χ0n) is 19.0. The van der Waals surface area contributed by atoms with E-state index in [1.54, 1.807) is 4.90 Å². The van der Waals surface area contributed by atoms with Crippen LogP contribution in [0.4, 0.5) is 23.3 Å². The van der Waals surface area contributed by atoms with Crippen molar-refractivity contribution in [2.45, 2.75) is 19.6 Å². The van der Waals surface area contributed by atoms with Gasteiger partial charge in [-0.1, -0.05) is 30.3 Å². The molecule has 3 heterocycles. The van der Waals surface area contributed by atoms with Crippen molar-refractivity contribution >= 4 is 29.2 Å². The van der Waals surface area contributed by atoms with Crippen LogP contribution < -0.4 is 20.7 Å². The van der Waals surface area contributed by atoms with Crippen molar-refractivity contribution in [3.8, 4) is 5.75 Å². The molecule has 0 unspecified atom stereocenters. The number of nitrogens with zero attached hydrogens (tertiary/aromatic N) is 5. The molecule has 2 aliphatic heterocycles. The van der Waals surface area contributed by atoms with Crippen molar-refractivity contribution in [1.82, 2.24) is 19.9 Å². The molecule has 10 nitrogen and oxygen atoms in total. The highest BCUT2D eigenvalue weighted by molar-refractivity contribution is 5.83. The normalized spacial score (nSPS) is 17.6. The average molecular weight is 462 g/mol. The fraction of sp³-hybridized carbons (Fsp3) is 0.333. The van der Waals surface area contributed by atoms with E-state index in [1.165, 1.54) is 0 Å². The molecule has 1 atom stereocenters. The minimum absolute atomic E-state index is 0.0418. The second-order valence-electron chi connectivity index (χ2n) is 8.27. The number of anilines is 4. The number of aryl methyl sites for hydroxylation is 1. The molecule has 0 aliphatic carbocycles. The molecule has 1 fully saturated rings. The average Bonchev–Trinajstić information content (AvgIpc) is 2.85. The van der Waals surface area contributed by atoms with Gasteiger partial charge in [-0.05, 0) is 30.7 Å². The van der Waals surface area contributed by atoms with Crippen LogP contribution in [0.1, 0.15) is 11.4 Å². The van der Waals surface area contributed by atoms with Crippen LogP contribution in [0.5, 0.6) is 5.75 Å². The maximum absolute atomic E-state index is 13.2. The first-order valence-corrected chi connectivity index (χ1v) is 11.3. The van der Waals surface area contributed by atoms with Crippen LogP contribution >= 0.6 is 0 Å². The first-order valence-electron chi connectivity index (χ1n) is 11.3. The van der Waals surface area contributed by atoms with E-state index < -0.39 is 6.10 Å². The number of benzene rings is 2. The highest BCUT2D eigenvalue weighted by Crippen LogP contribution is 2.34. The summed E-state index contributed by atoms with van der Waals surface area (Å²) in [7, 11) is 0. The number of nitrogen functional groups attached to an aromatic ring is 1. The molecule has 2 aliphatic rings. The summed E-state index contributed by atoms with van der Waals surface area (Å²) in [5, 5.41) is 3.22. The number of amides is 1. The van der Waals surface area contributed by atoms with E-state index in [0.29, 0.717) is 56.9 Å². The molecule has 3 N–H and O–H groups in total. The number of hydrogen-bond acceptors (Lipinski definition) is 9. The summed E-state index contributed by atoms with van der Waals surface area (Å²) in [6.45, 7) is 4.95. The lowest BCUT2D eigenvalue weighted by atomic mass is 10.1. The third kappa shape index (κ3) is 4.72. The third-order valence-corrected chi connectivity index (χ3v) is 5.88. The Hall–Kier alpha value is -3.92. The number of ether oxygens (including phenoxy) is 2. The predicted octanol–water partition coefficient (Wildman–Crippen LogP) is 2.13. The van der Waals surface area contributed by atoms with E-state index >= 15 is 0 Å². The van der Waals surface area contributed by atoms with Crippen LogP contribution in [0.2, 0.25) is 0 Å². The number of carbonyl (C=O) groups is 1. The Labute approximate surface area is 197 Å². The molecule has 1 amide bonds. The van der Waals surface area contributed by atoms with Crippen LogP contribution in [0, 0.1) is 6.92 Å². The molecule has 1 saturated heterocycles. The molecule has 2 aromatic carbocycles. The lowest BCUT2D eigenvalue weighted by Crippen LogP contribution is -2.52. The van der Waals surface area contributed by atoms with Gasteiger partial charge in [0.15, 0.2) is 11.9 Å². The van der Waals surface area contributed by atoms with Gasteiger partial charge in [0.25, 0.3) is 5.91 Å². The second kappa shape index (κ2) is 9.52. The Balaban J connectivity index is 1.38. The Kier molecular flexibility index (Phi) is 6.13. The molecule has 34 heavy (non-hydrogen) atoms. The molecule has 0 saturated carbocycles. The van der Waals surface area contributed by atoms with E-state index in [0.717, 1.165) is 16.9 Å². The summed E-state index contributed by atoms with van der Waals surface area (Å²) in [4.78, 5) is 30.2. The van der Waals surface area contributed by atoms with Gasteiger partial charge >= 0.3 is 0 Å². The molecule has 176 valence electrons. The Morgan fingerprint density at radius 3 is 2.68 bits per heavy atom. The lowest BCUT2D eigenvalue weighted by molar-refractivity contribution is -0.142. The van der Waals surface area contributed by atoms with Crippen LogP contribution in [0.25, 0.3) is 0 Å². The fourth-order valence-corrected chi connectivity index (χ4v) is 4.14. The minimum Gasteiger partial charge on any atom is -0.477 e. The molecule has 0 bridgehead atoms. The maximum atomic E-state index is 13.2. The fourth-order valence-electron chi connectivity index (χ4n) is 4.14. The molecule has 1 aromatic heterocycles. The van der Waals surface area contributed by atoms with E-state index in [-0.39, 0.29) is 11.9 Å². The Bertz CT molecular complexity index is 1180. The van der Waals surface area contributed by atoms with Crippen LogP contribution in [-0.2, 0) is 16.1 Å². The predicted molar refractivity (Wildman–Crippen MR) is 128 cm³/mol. The highest BCUT2D eigenvalue weighted by Gasteiger charge is 2.34. The zero-order chi connectivity index (χ0) is 23.5. The summed E-state index contributed by atoms with van der Waals surface area (Å²) in [5.41, 5.74) is 8.84. The zero-order valence-corrected chi connectivity index (χ0v) is 19.0. The molecule has 0 spiro atoms. The first-order chi connectivity index (χ1) is 16.6. The van der Waals surface area contributed by atoms with Gasteiger partial charge in [-0.2, -0.15) is 15.0 Å². The monoisotopic (exact) mass is 461 g/mol. The van der Waals surface area contributed by atoms with E-state index in [1.807, 2.05) is 60.4 Å². The number of nitrogens with one attached hydrogen (secondary N) is 1. The SMILES string of the molecule is Cc1ccccc1Nc1nc(N)nc(CN2C[C@@H](C(=O)N3CCOCC3)Oc3ccccc32)n1. The largest absolute Gasteiger partial charge is 0.477 e. The molecule has 10 heteroatoms. The van der Waals surface area contributed by atoms with Gasteiger partial charge in [0.05, 0.1) is 32.0 Å². The maximum Gasteiger partial charge on any atom is 0.265 e. The number of rotatable bonds is 5. The summed E-state index contributed by atoms with van der Waals surface area (Å²) in [5.74, 6) is 1.61. The van der Waals surface area contributed by atoms with Crippen molar-refractivity contribution in [3.05, 3.63) is 59.9 Å². The summed E-state index contributed by atoms with van der Waals surface area (Å²) < 4.78 is 11.5. The van der Waals surface area contributed by atoms with Gasteiger partial charge in [0.2, 0.25) is 11.9 Å². The molecule has 3 aromatic rings. The van der Waals surface area contributed by atoms with Crippen LogP contribution in [-0.4, -0.2) is 64.7 Å². The standard InChI is InChI=1S/C24H27N7O3/c1-16-6-2-3-7-17(16)26-24-28-21(27-23(25)29-24)15-31-14-20(22(32)30-10-12-33-13-11-30)34-19-9-5-4-8-18(19)31/h2-9,20H,10-15H2,1H3,(H3,25,26,27,28,29)/t20-/m0/s1. The van der Waals surface area contributed by atoms with Crippen LogP contribution in [0.3, 0.4) is 0 Å². The first kappa shape index (κ1) is 21.9. The van der Waals surface area contributed by atoms with Gasteiger partial charge in [0.1, 0.15) is 5.75 Å². The van der Waals surface area contributed by atoms with Gasteiger partial charge in [-0.15, -0.1) is 0 Å². The Morgan fingerprint density at radius 1 is 1.09 bits per heavy atom. The minimum atomic E-state index is -0.628. The molecular formula is C24H27N7O3. The number of carbonyl (C=O) groups excluding carboxylic acids is 1. The van der Waals surface area contributed by atoms with Crippen molar-refractivity contribution < 1.29 is 14.3 Å². The van der Waals surface area contributed by atoms with Gasteiger partial charge in [-0.3, -0.25) is 4.79 Å². The van der Waals surface area contributed by atoms with E-state index in [2.05, 4.69) is 20.3 Å². The summed E-state index contributed by atoms with van der Waals surface area (Å²) >= 11 is 0. The van der Waals surface area contributed by atoms with E-state index in [9.17, 15) is 4.79 Å². The van der Waals surface area contributed by atoms with Crippen molar-refractivity contribution in [3.63, 3.8) is 0 Å². The molecule has 5 rings (SSSR count). The summed E-state index contributed by atoms with van der Waals surface area (Å²) in [6.07, 6.45) is -0.628. The van der Waals surface area contributed by atoms with E-state index in [4.69, 9.17) is 15.2 Å². The summed E-state index contributed by atoms with van der Waals surface area (Å²) in [6, 6.07) is 15.5. The van der Waals surface area contributed by atoms with Gasteiger partial charge in [0, 0.05) is 18.8 Å². The quantitative estimate of drug-likeness (QED) is 0.589. The Morgan fingerprint density at radius 2 is 1.85 bits per heavy atom. The van der Waals surface area contributed by atoms with Crippen molar-refractivity contribution in [2.75, 3.05) is 48.8 Å². The van der Waals surface area contributed by atoms with Gasteiger partial charge in [-0.25, -0.2) is 0 Å². The number of hydrogen-bond donors (Lipinski definition) is 2. The third-order valence-electron chi connectivity index (χ3n) is 5.88. The second-order valence-corrected chi connectivity index (χ2v) is 8.27. The number of aromatic nitrogens is 3. The molecule has 0 radical (unpaired) electrons. The number of para-hydroxylation sites is 3.